The van der Waals surface area contributed by atoms with Gasteiger partial charge in [-0.2, -0.15) is 12.7 Å². The SMILES string of the molecule is COC(=N)C1=CC(=[N+](OSc2cccc(Br)c2)S(=O)(=O)c2ccc(C)cc2)C(SC)S1. The molecule has 1 atom stereocenters. The molecule has 0 saturated heterocycles. The zero-order valence-corrected chi connectivity index (χ0v) is 21.7. The lowest BCUT2D eigenvalue weighted by atomic mass is 10.2. The zero-order valence-electron chi connectivity index (χ0n) is 16.9. The van der Waals surface area contributed by atoms with E-state index in [9.17, 15) is 8.42 Å². The van der Waals surface area contributed by atoms with Crippen LogP contribution in [0.1, 0.15) is 5.56 Å². The Morgan fingerprint density at radius 1 is 1.23 bits per heavy atom. The number of nitrogens with zero attached hydrogens (tertiary/aromatic N) is 1. The van der Waals surface area contributed by atoms with Gasteiger partial charge in [0.2, 0.25) is 5.90 Å². The van der Waals surface area contributed by atoms with Gasteiger partial charge in [-0.15, -0.1) is 11.8 Å². The maximum absolute atomic E-state index is 13.6. The second-order valence-corrected chi connectivity index (χ2v) is 12.2. The van der Waals surface area contributed by atoms with Crippen LogP contribution in [0, 0.1) is 12.3 Å². The lowest BCUT2D eigenvalue weighted by Gasteiger charge is -2.08. The highest BCUT2D eigenvalue weighted by Gasteiger charge is 2.43. The van der Waals surface area contributed by atoms with Crippen molar-refractivity contribution < 1.29 is 21.6 Å². The molecule has 1 heterocycles. The van der Waals surface area contributed by atoms with Crippen LogP contribution in [0.15, 0.2) is 73.8 Å². The molecule has 1 aliphatic rings. The third kappa shape index (κ3) is 5.70. The number of thioether (sulfide) groups is 2. The van der Waals surface area contributed by atoms with E-state index >= 15 is 0 Å². The molecule has 0 saturated carbocycles. The minimum Gasteiger partial charge on any atom is -0.481 e. The highest BCUT2D eigenvalue weighted by atomic mass is 79.9. The summed E-state index contributed by atoms with van der Waals surface area (Å²) in [6.45, 7) is 1.89. The minimum absolute atomic E-state index is 0.0219. The van der Waals surface area contributed by atoms with E-state index < -0.39 is 10.0 Å². The fourth-order valence-electron chi connectivity index (χ4n) is 2.56. The third-order valence-electron chi connectivity index (χ3n) is 4.14. The number of benzene rings is 2. The molecule has 2 aromatic rings. The topological polar surface area (TPSA) is 79.5 Å². The molecule has 1 N–H and O–H groups in total. The summed E-state index contributed by atoms with van der Waals surface area (Å²) in [6, 6.07) is 14.0. The van der Waals surface area contributed by atoms with Crippen LogP contribution in [0.25, 0.3) is 0 Å². The van der Waals surface area contributed by atoms with Crippen molar-refractivity contribution in [2.45, 2.75) is 21.3 Å². The van der Waals surface area contributed by atoms with E-state index in [2.05, 4.69) is 15.9 Å². The molecule has 31 heavy (non-hydrogen) atoms. The van der Waals surface area contributed by atoms with Crippen LogP contribution in [0.4, 0.5) is 0 Å². The molecule has 2 aromatic carbocycles. The fraction of sp³-hybridized carbons (Fsp3) is 0.200. The highest BCUT2D eigenvalue weighted by Crippen LogP contribution is 2.38. The van der Waals surface area contributed by atoms with E-state index in [0.29, 0.717) is 10.6 Å². The second kappa shape index (κ2) is 10.5. The smallest absolute Gasteiger partial charge is 0.440 e. The number of ether oxygens (including phenoxy) is 1. The summed E-state index contributed by atoms with van der Waals surface area (Å²) >= 11 is 7.17. The lowest BCUT2D eigenvalue weighted by Crippen LogP contribution is -2.29. The number of hydrogen-bond donors (Lipinski definition) is 1. The lowest BCUT2D eigenvalue weighted by molar-refractivity contribution is -0.617. The van der Waals surface area contributed by atoms with Gasteiger partial charge in [0, 0.05) is 10.5 Å². The van der Waals surface area contributed by atoms with E-state index in [1.165, 1.54) is 30.6 Å². The number of aryl methyl sites for hydroxylation is 1. The Morgan fingerprint density at radius 3 is 2.55 bits per heavy atom. The first-order valence-corrected chi connectivity index (χ1v) is 14.0. The molecule has 0 aliphatic carbocycles. The second-order valence-electron chi connectivity index (χ2n) is 6.31. The molecule has 0 radical (unpaired) electrons. The average Bonchev–Trinajstić information content (AvgIpc) is 3.17. The number of allylic oxidation sites excluding steroid dienone is 1. The molecule has 0 aromatic heterocycles. The number of nitrogens with one attached hydrogen (secondary N) is 1. The van der Waals surface area contributed by atoms with Crippen LogP contribution >= 0.6 is 51.5 Å². The van der Waals surface area contributed by atoms with Crippen LogP contribution in [0.2, 0.25) is 0 Å². The van der Waals surface area contributed by atoms with E-state index in [1.54, 1.807) is 30.3 Å². The Balaban J connectivity index is 2.11. The first-order valence-electron chi connectivity index (χ1n) is 8.89. The molecule has 0 fully saturated rings. The van der Waals surface area contributed by atoms with Gasteiger partial charge in [0.15, 0.2) is 12.0 Å². The molecule has 1 unspecified atom stereocenters. The molecule has 3 rings (SSSR count). The predicted octanol–water partition coefficient (Wildman–Crippen LogP) is 5.48. The van der Waals surface area contributed by atoms with Crippen LogP contribution in [0.5, 0.6) is 0 Å². The quantitative estimate of drug-likeness (QED) is 0.158. The van der Waals surface area contributed by atoms with E-state index in [-0.39, 0.29) is 15.4 Å². The number of methoxy groups -OCH3 is 1. The fourth-order valence-corrected chi connectivity index (χ4v) is 7.31. The molecule has 11 heteroatoms. The number of hydrogen-bond acceptors (Lipinski definition) is 8. The van der Waals surface area contributed by atoms with E-state index in [1.807, 2.05) is 37.4 Å². The Kier molecular flexibility index (Phi) is 8.19. The summed E-state index contributed by atoms with van der Waals surface area (Å²) in [5, 5.41) is 7.98. The molecule has 1 aliphatic heterocycles. The van der Waals surface area contributed by atoms with Crippen molar-refractivity contribution in [2.75, 3.05) is 13.4 Å². The molecule has 0 spiro atoms. The third-order valence-corrected chi connectivity index (χ3v) is 9.54. The Hall–Kier alpha value is -1.40. The number of sulfonamides is 1. The van der Waals surface area contributed by atoms with Gasteiger partial charge in [-0.05, 0) is 43.5 Å². The van der Waals surface area contributed by atoms with Crippen LogP contribution in [-0.2, 0) is 19.0 Å². The van der Waals surface area contributed by atoms with Gasteiger partial charge in [0.1, 0.15) is 13.6 Å². The first-order chi connectivity index (χ1) is 14.8. The minimum atomic E-state index is -4.02. The Bertz CT molecular complexity index is 1150. The maximum Gasteiger partial charge on any atom is 0.440 e. The number of rotatable bonds is 7. The van der Waals surface area contributed by atoms with Crippen molar-refractivity contribution >= 4 is 73.1 Å². The first kappa shape index (κ1) is 24.2. The van der Waals surface area contributed by atoms with Crippen molar-refractivity contribution in [3.63, 3.8) is 0 Å². The van der Waals surface area contributed by atoms with Crippen LogP contribution in [-0.4, -0.2) is 42.1 Å². The van der Waals surface area contributed by atoms with Gasteiger partial charge in [0.05, 0.1) is 16.9 Å². The van der Waals surface area contributed by atoms with Gasteiger partial charge in [-0.1, -0.05) is 51.5 Å². The molecule has 0 bridgehead atoms. The standard InChI is InChI=1S/C20H20BrN2O4S4/c1-13-7-9-16(10-8-13)31(24,25)23(27-30-15-6-4-5-14(21)11-15)17-12-18(19(22)26-2)29-20(17)28-3/h4-12,20,22H,1-3H3/q+1. The van der Waals surface area contributed by atoms with Gasteiger partial charge in [0.25, 0.3) is 5.71 Å². The monoisotopic (exact) mass is 559 g/mol. The van der Waals surface area contributed by atoms with Crippen molar-refractivity contribution in [3.05, 3.63) is 69.5 Å². The summed E-state index contributed by atoms with van der Waals surface area (Å²) in [4.78, 5) is 1.39. The van der Waals surface area contributed by atoms with Gasteiger partial charge >= 0.3 is 10.0 Å². The normalized spacial score (nSPS) is 17.8. The van der Waals surface area contributed by atoms with Gasteiger partial charge < -0.3 is 4.74 Å². The van der Waals surface area contributed by atoms with Crippen molar-refractivity contribution in [1.29, 1.82) is 5.41 Å². The predicted molar refractivity (Wildman–Crippen MR) is 132 cm³/mol. The zero-order chi connectivity index (χ0) is 22.6. The summed E-state index contributed by atoms with van der Waals surface area (Å²) in [5.74, 6) is -0.0219. The largest absolute Gasteiger partial charge is 0.481 e. The van der Waals surface area contributed by atoms with Gasteiger partial charge in [-0.25, -0.2) is 0 Å². The van der Waals surface area contributed by atoms with Crippen molar-refractivity contribution in [3.8, 4) is 0 Å². The molecular weight excluding hydrogens is 540 g/mol. The number of halogens is 1. The molecular formula is C20H20BrN2O4S4+. The van der Waals surface area contributed by atoms with Crippen molar-refractivity contribution in [1.82, 2.24) is 0 Å². The van der Waals surface area contributed by atoms with Crippen molar-refractivity contribution in [2.24, 2.45) is 0 Å². The summed E-state index contributed by atoms with van der Waals surface area (Å²) < 4.78 is 39.5. The van der Waals surface area contributed by atoms with Gasteiger partial charge in [-0.3, -0.25) is 5.41 Å². The Labute approximate surface area is 203 Å². The summed E-state index contributed by atoms with van der Waals surface area (Å²) in [5.41, 5.74) is 1.37. The molecule has 164 valence electrons. The van der Waals surface area contributed by atoms with Crippen LogP contribution in [0.3, 0.4) is 0 Å². The van der Waals surface area contributed by atoms with Crippen LogP contribution < -0.4 is 0 Å². The summed E-state index contributed by atoms with van der Waals surface area (Å²) in [7, 11) is -2.61. The maximum atomic E-state index is 13.6. The average molecular weight is 561 g/mol. The Morgan fingerprint density at radius 2 is 1.94 bits per heavy atom. The van der Waals surface area contributed by atoms with E-state index in [4.69, 9.17) is 14.4 Å². The molecule has 0 amide bonds. The summed E-state index contributed by atoms with van der Waals surface area (Å²) in [6.07, 6.45) is 3.51. The molecule has 6 nitrogen and oxygen atoms in total. The highest BCUT2D eigenvalue weighted by molar-refractivity contribution is 9.10. The van der Waals surface area contributed by atoms with E-state index in [0.717, 1.165) is 31.1 Å².